The van der Waals surface area contributed by atoms with Gasteiger partial charge in [-0.2, -0.15) is 0 Å². The molecule has 0 saturated carbocycles. The highest BCUT2D eigenvalue weighted by atomic mass is 16.2. The van der Waals surface area contributed by atoms with Crippen LogP contribution in [0.3, 0.4) is 0 Å². The molecule has 6 nitrogen and oxygen atoms in total. The van der Waals surface area contributed by atoms with Crippen LogP contribution >= 0.6 is 0 Å². The van der Waals surface area contributed by atoms with Gasteiger partial charge in [0.2, 0.25) is 11.8 Å². The van der Waals surface area contributed by atoms with Crippen molar-refractivity contribution in [2.75, 3.05) is 19.6 Å². The number of amides is 3. The maximum Gasteiger partial charge on any atom is 0.251 e. The van der Waals surface area contributed by atoms with E-state index >= 15 is 0 Å². The lowest BCUT2D eigenvalue weighted by Crippen LogP contribution is -2.41. The largest absolute Gasteiger partial charge is 0.354 e. The molecule has 1 rings (SSSR count). The summed E-state index contributed by atoms with van der Waals surface area (Å²) in [5, 5.41) is 7.99. The van der Waals surface area contributed by atoms with E-state index in [1.807, 2.05) is 19.9 Å². The molecule has 0 spiro atoms. The first-order valence-electron chi connectivity index (χ1n) is 7.96. The molecule has 1 aromatic rings. The quantitative estimate of drug-likeness (QED) is 0.595. The van der Waals surface area contributed by atoms with Crippen LogP contribution < -0.4 is 16.0 Å². The predicted molar refractivity (Wildman–Crippen MR) is 88.9 cm³/mol. The van der Waals surface area contributed by atoms with Gasteiger partial charge in [0.1, 0.15) is 0 Å². The topological polar surface area (TPSA) is 87.3 Å². The van der Waals surface area contributed by atoms with Crippen molar-refractivity contribution < 1.29 is 14.4 Å². The first-order chi connectivity index (χ1) is 11.1. The lowest BCUT2D eigenvalue weighted by Gasteiger charge is -2.13. The average Bonchev–Trinajstić information content (AvgIpc) is 2.58. The summed E-state index contributed by atoms with van der Waals surface area (Å²) in [5.41, 5.74) is 0.512. The van der Waals surface area contributed by atoms with Crippen molar-refractivity contribution in [3.8, 4) is 0 Å². The first kappa shape index (κ1) is 18.7. The maximum atomic E-state index is 11.8. The van der Waals surface area contributed by atoms with Crippen LogP contribution in [0.2, 0.25) is 0 Å². The molecule has 0 aliphatic carbocycles. The summed E-state index contributed by atoms with van der Waals surface area (Å²) in [7, 11) is 0. The fraction of sp³-hybridized carbons (Fsp3) is 0.471. The minimum absolute atomic E-state index is 0.0154. The molecular formula is C17H25N3O3. The van der Waals surface area contributed by atoms with Crippen molar-refractivity contribution in [1.82, 2.24) is 16.0 Å². The van der Waals surface area contributed by atoms with Crippen molar-refractivity contribution in [1.29, 1.82) is 0 Å². The second-order valence-corrected chi connectivity index (χ2v) is 5.20. The molecule has 0 heterocycles. The van der Waals surface area contributed by atoms with Crippen molar-refractivity contribution in [3.05, 3.63) is 35.9 Å². The molecule has 0 aliphatic rings. The fourth-order valence-corrected chi connectivity index (χ4v) is 2.11. The number of hydrogen-bond donors (Lipinski definition) is 3. The van der Waals surface area contributed by atoms with Gasteiger partial charge in [0.25, 0.3) is 5.91 Å². The fourth-order valence-electron chi connectivity index (χ4n) is 2.11. The standard InChI is InChI=1S/C17H25N3O3/c1-3-13(4-2)16(22)19-11-10-18-15(21)12-20-17(23)14-8-6-5-7-9-14/h5-9,13H,3-4,10-12H2,1-2H3,(H,18,21)(H,19,22)(H,20,23). The Balaban J connectivity index is 2.18. The summed E-state index contributed by atoms with van der Waals surface area (Å²) in [6, 6.07) is 8.70. The number of carbonyl (C=O) groups is 3. The molecule has 0 unspecified atom stereocenters. The summed E-state index contributed by atoms with van der Waals surface area (Å²) in [5.74, 6) is -0.536. The summed E-state index contributed by atoms with van der Waals surface area (Å²) in [6.07, 6.45) is 1.61. The van der Waals surface area contributed by atoms with Gasteiger partial charge in [-0.25, -0.2) is 0 Å². The van der Waals surface area contributed by atoms with E-state index in [0.717, 1.165) is 12.8 Å². The van der Waals surface area contributed by atoms with Crippen LogP contribution in [0.1, 0.15) is 37.0 Å². The zero-order valence-electron chi connectivity index (χ0n) is 13.7. The molecule has 6 heteroatoms. The lowest BCUT2D eigenvalue weighted by molar-refractivity contribution is -0.125. The molecule has 0 fully saturated rings. The SMILES string of the molecule is CCC(CC)C(=O)NCCNC(=O)CNC(=O)c1ccccc1. The normalized spacial score (nSPS) is 10.2. The molecule has 1 aromatic carbocycles. The summed E-state index contributed by atoms with van der Waals surface area (Å²) in [4.78, 5) is 35.1. The number of nitrogens with one attached hydrogen (secondary N) is 3. The third-order valence-electron chi connectivity index (χ3n) is 3.55. The van der Waals surface area contributed by atoms with E-state index in [2.05, 4.69) is 16.0 Å². The minimum Gasteiger partial charge on any atom is -0.354 e. The molecular weight excluding hydrogens is 294 g/mol. The maximum absolute atomic E-state index is 11.8. The van der Waals surface area contributed by atoms with E-state index in [1.165, 1.54) is 0 Å². The Bertz CT molecular complexity index is 513. The molecule has 3 amide bonds. The van der Waals surface area contributed by atoms with Crippen molar-refractivity contribution in [3.63, 3.8) is 0 Å². The number of rotatable bonds is 9. The Morgan fingerprint density at radius 2 is 1.52 bits per heavy atom. The van der Waals surface area contributed by atoms with Crippen LogP contribution in [0.15, 0.2) is 30.3 Å². The zero-order valence-corrected chi connectivity index (χ0v) is 13.7. The summed E-state index contributed by atoms with van der Waals surface area (Å²) >= 11 is 0. The third kappa shape index (κ3) is 6.95. The molecule has 0 aliphatic heterocycles. The van der Waals surface area contributed by atoms with E-state index in [0.29, 0.717) is 18.7 Å². The van der Waals surface area contributed by atoms with E-state index in [-0.39, 0.29) is 30.2 Å². The van der Waals surface area contributed by atoms with E-state index in [4.69, 9.17) is 0 Å². The predicted octanol–water partition coefficient (Wildman–Crippen LogP) is 1.09. The highest BCUT2D eigenvalue weighted by Gasteiger charge is 2.13. The highest BCUT2D eigenvalue weighted by molar-refractivity contribution is 5.96. The second-order valence-electron chi connectivity index (χ2n) is 5.20. The van der Waals surface area contributed by atoms with Gasteiger partial charge in [-0.1, -0.05) is 32.0 Å². The molecule has 0 bridgehead atoms. The molecule has 0 saturated heterocycles. The molecule has 0 atom stereocenters. The van der Waals surface area contributed by atoms with Crippen LogP contribution in [0.4, 0.5) is 0 Å². The third-order valence-corrected chi connectivity index (χ3v) is 3.55. The monoisotopic (exact) mass is 319 g/mol. The second kappa shape index (κ2) is 10.4. The van der Waals surface area contributed by atoms with E-state index in [9.17, 15) is 14.4 Å². The number of hydrogen-bond acceptors (Lipinski definition) is 3. The Hall–Kier alpha value is -2.37. The van der Waals surface area contributed by atoms with Crippen LogP contribution in [0.5, 0.6) is 0 Å². The smallest absolute Gasteiger partial charge is 0.251 e. The van der Waals surface area contributed by atoms with Gasteiger partial charge in [0, 0.05) is 24.6 Å². The van der Waals surface area contributed by atoms with Gasteiger partial charge in [-0.05, 0) is 25.0 Å². The van der Waals surface area contributed by atoms with Gasteiger partial charge < -0.3 is 16.0 Å². The highest BCUT2D eigenvalue weighted by Crippen LogP contribution is 2.06. The van der Waals surface area contributed by atoms with Crippen LogP contribution in [-0.4, -0.2) is 37.4 Å². The van der Waals surface area contributed by atoms with Crippen LogP contribution in [0, 0.1) is 5.92 Å². The number of carbonyl (C=O) groups excluding carboxylic acids is 3. The Morgan fingerprint density at radius 3 is 2.13 bits per heavy atom. The van der Waals surface area contributed by atoms with Gasteiger partial charge >= 0.3 is 0 Å². The molecule has 23 heavy (non-hydrogen) atoms. The molecule has 3 N–H and O–H groups in total. The van der Waals surface area contributed by atoms with E-state index in [1.54, 1.807) is 24.3 Å². The van der Waals surface area contributed by atoms with Crippen LogP contribution in [0.25, 0.3) is 0 Å². The Morgan fingerprint density at radius 1 is 0.913 bits per heavy atom. The minimum atomic E-state index is -0.289. The van der Waals surface area contributed by atoms with Gasteiger partial charge in [-0.15, -0.1) is 0 Å². The van der Waals surface area contributed by atoms with Crippen LogP contribution in [-0.2, 0) is 9.59 Å². The first-order valence-corrected chi connectivity index (χ1v) is 7.96. The van der Waals surface area contributed by atoms with Crippen molar-refractivity contribution in [2.45, 2.75) is 26.7 Å². The van der Waals surface area contributed by atoms with Gasteiger partial charge in [0.15, 0.2) is 0 Å². The Kier molecular flexibility index (Phi) is 8.42. The summed E-state index contributed by atoms with van der Waals surface area (Å²) < 4.78 is 0. The Labute approximate surface area is 137 Å². The lowest BCUT2D eigenvalue weighted by atomic mass is 10.0. The number of benzene rings is 1. The van der Waals surface area contributed by atoms with E-state index < -0.39 is 0 Å². The van der Waals surface area contributed by atoms with Gasteiger partial charge in [-0.3, -0.25) is 14.4 Å². The molecule has 0 aromatic heterocycles. The van der Waals surface area contributed by atoms with Crippen molar-refractivity contribution in [2.24, 2.45) is 5.92 Å². The molecule has 0 radical (unpaired) electrons. The average molecular weight is 319 g/mol. The van der Waals surface area contributed by atoms with Crippen molar-refractivity contribution >= 4 is 17.7 Å². The summed E-state index contributed by atoms with van der Waals surface area (Å²) in [6.45, 7) is 4.59. The zero-order chi connectivity index (χ0) is 17.1. The van der Waals surface area contributed by atoms with Gasteiger partial charge in [0.05, 0.1) is 6.54 Å². The molecule has 126 valence electrons.